The lowest BCUT2D eigenvalue weighted by Crippen LogP contribution is -1.73. The highest BCUT2D eigenvalue weighted by atomic mass is 14.6. The molecule has 18 heavy (non-hydrogen) atoms. The van der Waals surface area contributed by atoms with Gasteiger partial charge in [-0.2, -0.15) is 0 Å². The van der Waals surface area contributed by atoms with Gasteiger partial charge >= 0.3 is 0 Å². The molecule has 0 saturated carbocycles. The molecule has 1 nitrogen and oxygen atoms in total. The van der Waals surface area contributed by atoms with Crippen LogP contribution in [0, 0.1) is 0 Å². The summed E-state index contributed by atoms with van der Waals surface area (Å²) < 4.78 is 0. The lowest BCUT2D eigenvalue weighted by atomic mass is 10.1. The molecular formula is C17H13N. The van der Waals surface area contributed by atoms with Crippen LogP contribution in [-0.2, 0) is 0 Å². The van der Waals surface area contributed by atoms with Gasteiger partial charge < -0.3 is 0 Å². The molecule has 0 aliphatic carbocycles. The number of hydrogen-bond acceptors (Lipinski definition) is 1. The van der Waals surface area contributed by atoms with Crippen molar-refractivity contribution < 1.29 is 0 Å². The van der Waals surface area contributed by atoms with Gasteiger partial charge in [-0.05, 0) is 33.7 Å². The highest BCUT2D eigenvalue weighted by molar-refractivity contribution is 6.04. The van der Waals surface area contributed by atoms with Gasteiger partial charge in [0.2, 0.25) is 0 Å². The largest absolute Gasteiger partial charge is 0.265 e. The van der Waals surface area contributed by atoms with Crippen LogP contribution in [0.5, 0.6) is 0 Å². The zero-order chi connectivity index (χ0) is 12.2. The Bertz CT molecular complexity index is 680. The number of aromatic nitrogens is 1. The van der Waals surface area contributed by atoms with Gasteiger partial charge in [-0.25, -0.2) is 0 Å². The molecule has 0 unspecified atom stereocenters. The van der Waals surface area contributed by atoms with Crippen LogP contribution in [0.25, 0.3) is 21.5 Å². The minimum absolute atomic E-state index is 1.19. The second kappa shape index (κ2) is 4.84. The van der Waals surface area contributed by atoms with Crippen molar-refractivity contribution in [3.63, 3.8) is 0 Å². The normalized spacial score (nSPS) is 10.2. The number of benzene rings is 2. The minimum atomic E-state index is 1.19. The molecule has 0 radical (unpaired) electrons. The number of nitrogens with zero attached hydrogens (tertiary/aromatic N) is 1. The molecule has 2 aromatic carbocycles. The lowest BCUT2D eigenvalue weighted by molar-refractivity contribution is 1.36. The predicted octanol–water partition coefficient (Wildman–Crippen LogP) is 4.51. The third-order valence-corrected chi connectivity index (χ3v) is 3.00. The molecule has 1 heteroatoms. The van der Waals surface area contributed by atoms with Crippen LogP contribution in [0.4, 0.5) is 0 Å². The summed E-state index contributed by atoms with van der Waals surface area (Å²) in [6.45, 7) is 0. The van der Waals surface area contributed by atoms with E-state index in [9.17, 15) is 0 Å². The highest BCUT2D eigenvalue weighted by Crippen LogP contribution is 2.21. The molecule has 86 valence electrons. The zero-order valence-electron chi connectivity index (χ0n) is 9.95. The van der Waals surface area contributed by atoms with Crippen LogP contribution in [0.1, 0.15) is 0 Å². The van der Waals surface area contributed by atoms with Gasteiger partial charge in [-0.15, -0.1) is 0 Å². The summed E-state index contributed by atoms with van der Waals surface area (Å²) in [4.78, 5) is 4.21. The molecule has 3 aromatic rings. The van der Waals surface area contributed by atoms with Crippen molar-refractivity contribution in [3.05, 3.63) is 79.1 Å². The van der Waals surface area contributed by atoms with Crippen LogP contribution in [0.3, 0.4) is 0 Å². The van der Waals surface area contributed by atoms with Gasteiger partial charge in [0.05, 0.1) is 0 Å². The average molecular weight is 231 g/mol. The standard InChI is InChI=1S/C17H13N/c1-3-9-16-14(6-1)8-5-12-18-13-11-15-7-2-4-10-17(15)16/h1-13H. The molecule has 3 rings (SSSR count). The molecule has 0 saturated heterocycles. The average Bonchev–Trinajstić information content (AvgIpc) is 2.44. The lowest BCUT2D eigenvalue weighted by Gasteiger charge is -1.99. The Hall–Kier alpha value is -2.41. The predicted molar refractivity (Wildman–Crippen MR) is 76.9 cm³/mol. The minimum Gasteiger partial charge on any atom is -0.265 e. The van der Waals surface area contributed by atoms with Crippen molar-refractivity contribution in [2.75, 3.05) is 0 Å². The van der Waals surface area contributed by atoms with Crippen molar-refractivity contribution in [3.8, 4) is 0 Å². The highest BCUT2D eigenvalue weighted by Gasteiger charge is 1.94. The van der Waals surface area contributed by atoms with E-state index in [1.165, 1.54) is 21.5 Å². The summed E-state index contributed by atoms with van der Waals surface area (Å²) in [7, 11) is 0. The fraction of sp³-hybridized carbons (Fsp3) is 0. The topological polar surface area (TPSA) is 12.9 Å². The van der Waals surface area contributed by atoms with E-state index in [2.05, 4.69) is 59.6 Å². The monoisotopic (exact) mass is 231 g/mol. The van der Waals surface area contributed by atoms with Gasteiger partial charge in [-0.1, -0.05) is 54.6 Å². The summed E-state index contributed by atoms with van der Waals surface area (Å²) in [5, 5.41) is 4.90. The molecule has 0 N–H and O–H groups in total. The van der Waals surface area contributed by atoms with Crippen molar-refractivity contribution >= 4 is 21.5 Å². The Balaban J connectivity index is 2.59. The fourth-order valence-corrected chi connectivity index (χ4v) is 2.14. The quantitative estimate of drug-likeness (QED) is 0.554. The van der Waals surface area contributed by atoms with Crippen LogP contribution in [-0.4, -0.2) is 4.98 Å². The maximum Gasteiger partial charge on any atom is 0.0273 e. The van der Waals surface area contributed by atoms with E-state index in [-0.39, 0.29) is 0 Å². The van der Waals surface area contributed by atoms with Crippen molar-refractivity contribution in [2.45, 2.75) is 0 Å². The Morgan fingerprint density at radius 3 is 1.78 bits per heavy atom. The Morgan fingerprint density at radius 1 is 0.500 bits per heavy atom. The first-order valence-corrected chi connectivity index (χ1v) is 6.00. The van der Waals surface area contributed by atoms with E-state index in [0.717, 1.165) is 0 Å². The Labute approximate surface area is 106 Å². The van der Waals surface area contributed by atoms with E-state index < -0.39 is 0 Å². The third kappa shape index (κ3) is 2.03. The Kier molecular flexibility index (Phi) is 2.89. The summed E-state index contributed by atoms with van der Waals surface area (Å²) in [6.07, 6.45) is 3.64. The van der Waals surface area contributed by atoms with E-state index in [0.29, 0.717) is 0 Å². The maximum atomic E-state index is 4.21. The van der Waals surface area contributed by atoms with Crippen LogP contribution >= 0.6 is 0 Å². The molecular weight excluding hydrogens is 218 g/mol. The first kappa shape index (κ1) is 10.7. The van der Waals surface area contributed by atoms with E-state index in [4.69, 9.17) is 0 Å². The van der Waals surface area contributed by atoms with Gasteiger partial charge in [0.15, 0.2) is 0 Å². The van der Waals surface area contributed by atoms with Crippen molar-refractivity contribution in [1.82, 2.24) is 4.98 Å². The van der Waals surface area contributed by atoms with Crippen LogP contribution in [0.15, 0.2) is 79.1 Å². The van der Waals surface area contributed by atoms with Gasteiger partial charge in [0.25, 0.3) is 0 Å². The fourth-order valence-electron chi connectivity index (χ4n) is 2.14. The van der Waals surface area contributed by atoms with Gasteiger partial charge in [0, 0.05) is 12.4 Å². The molecule has 1 aromatic heterocycles. The maximum absolute atomic E-state index is 4.21. The number of fused-ring (bicyclic) bond motifs is 3. The molecule has 0 atom stereocenters. The summed E-state index contributed by atoms with van der Waals surface area (Å²) in [6, 6.07) is 22.9. The van der Waals surface area contributed by atoms with Crippen molar-refractivity contribution in [2.24, 2.45) is 0 Å². The smallest absolute Gasteiger partial charge is 0.0273 e. The zero-order valence-corrected chi connectivity index (χ0v) is 9.95. The Morgan fingerprint density at radius 2 is 1.06 bits per heavy atom. The SMILES string of the molecule is c1ccc2c(c1)cccnccc1ccccc12. The molecule has 0 bridgehead atoms. The van der Waals surface area contributed by atoms with Crippen LogP contribution in [0.2, 0.25) is 0 Å². The van der Waals surface area contributed by atoms with Gasteiger partial charge in [-0.3, -0.25) is 4.98 Å². The molecule has 0 spiro atoms. The molecule has 0 fully saturated rings. The molecule has 1 heterocycles. The molecule has 0 aliphatic rings. The molecule has 0 amide bonds. The van der Waals surface area contributed by atoms with E-state index in [1.54, 1.807) is 6.20 Å². The van der Waals surface area contributed by atoms with E-state index >= 15 is 0 Å². The summed E-state index contributed by atoms with van der Waals surface area (Å²) >= 11 is 0. The van der Waals surface area contributed by atoms with Crippen LogP contribution < -0.4 is 0 Å². The number of hydrogen-bond donors (Lipinski definition) is 0. The first-order chi connectivity index (χ1) is 8.95. The second-order valence-electron chi connectivity index (χ2n) is 4.15. The number of rotatable bonds is 0. The molecule has 0 aliphatic heterocycles. The first-order valence-electron chi connectivity index (χ1n) is 6.00. The van der Waals surface area contributed by atoms with Crippen molar-refractivity contribution in [1.29, 1.82) is 0 Å². The van der Waals surface area contributed by atoms with E-state index in [1.807, 2.05) is 18.3 Å². The summed E-state index contributed by atoms with van der Waals surface area (Å²) in [5.74, 6) is 0. The third-order valence-electron chi connectivity index (χ3n) is 3.00. The second-order valence-corrected chi connectivity index (χ2v) is 4.15. The summed E-state index contributed by atoms with van der Waals surface area (Å²) in [5.41, 5.74) is 0. The van der Waals surface area contributed by atoms with Gasteiger partial charge in [0.1, 0.15) is 0 Å².